The summed E-state index contributed by atoms with van der Waals surface area (Å²) in [5, 5.41) is 14.9. The van der Waals surface area contributed by atoms with Crippen LogP contribution in [0.2, 0.25) is 5.02 Å². The van der Waals surface area contributed by atoms with E-state index in [0.717, 1.165) is 17.6 Å². The summed E-state index contributed by atoms with van der Waals surface area (Å²) >= 11 is 6.06. The Kier molecular flexibility index (Phi) is 8.43. The summed E-state index contributed by atoms with van der Waals surface area (Å²) < 4.78 is 19.9. The van der Waals surface area contributed by atoms with E-state index >= 15 is 0 Å². The lowest BCUT2D eigenvalue weighted by molar-refractivity contribution is -0.139. The van der Waals surface area contributed by atoms with Crippen molar-refractivity contribution in [3.8, 4) is 5.75 Å². The molecule has 0 unspecified atom stereocenters. The molecule has 3 rings (SSSR count). The van der Waals surface area contributed by atoms with Crippen LogP contribution in [0.3, 0.4) is 0 Å². The van der Waals surface area contributed by atoms with Gasteiger partial charge in [0.1, 0.15) is 23.4 Å². The lowest BCUT2D eigenvalue weighted by Crippen LogP contribution is -2.42. The number of aromatic nitrogens is 1. The van der Waals surface area contributed by atoms with Gasteiger partial charge in [0.15, 0.2) is 0 Å². The molecular formula is C25H25ClFN3O4. The van der Waals surface area contributed by atoms with Gasteiger partial charge in [-0.15, -0.1) is 0 Å². The van der Waals surface area contributed by atoms with E-state index in [4.69, 9.17) is 16.3 Å². The number of aryl methyl sites for hydroxylation is 1. The number of carboxylic acids is 1. The number of carbonyl (C=O) groups excluding carboxylic acids is 1. The molecule has 0 radical (unpaired) electrons. The Labute approximate surface area is 201 Å². The van der Waals surface area contributed by atoms with Crippen LogP contribution < -0.4 is 15.4 Å². The fourth-order valence-electron chi connectivity index (χ4n) is 3.28. The van der Waals surface area contributed by atoms with Crippen molar-refractivity contribution in [3.63, 3.8) is 0 Å². The summed E-state index contributed by atoms with van der Waals surface area (Å²) in [4.78, 5) is 28.7. The van der Waals surface area contributed by atoms with Gasteiger partial charge in [-0.3, -0.25) is 4.79 Å². The van der Waals surface area contributed by atoms with Gasteiger partial charge in [0.05, 0.1) is 17.2 Å². The van der Waals surface area contributed by atoms with E-state index in [2.05, 4.69) is 15.6 Å². The molecule has 0 saturated heterocycles. The summed E-state index contributed by atoms with van der Waals surface area (Å²) in [6, 6.07) is 13.9. The largest absolute Gasteiger partial charge is 0.493 e. The maximum Gasteiger partial charge on any atom is 0.326 e. The Hall–Kier alpha value is -3.65. The monoisotopic (exact) mass is 485 g/mol. The SMILES string of the molecule is CNc1cccc(CCOc2ccc(C[C@H](NC(=O)c3c(F)ccc(C)c3Cl)C(=O)O)cc2)n1. The number of carbonyl (C=O) groups is 2. The molecule has 0 aliphatic carbocycles. The minimum Gasteiger partial charge on any atom is -0.493 e. The standard InChI is InChI=1S/C25H25ClFN3O4/c1-15-6-11-19(27)22(23(15)26)24(31)30-20(25(32)33)14-16-7-9-18(10-8-16)34-13-12-17-4-3-5-21(28-2)29-17/h3-11,20H,12-14H2,1-2H3,(H,28,29)(H,30,31)(H,32,33)/t20-/m0/s1. The van der Waals surface area contributed by atoms with Gasteiger partial charge in [0, 0.05) is 25.6 Å². The van der Waals surface area contributed by atoms with Gasteiger partial charge < -0.3 is 20.5 Å². The van der Waals surface area contributed by atoms with Crippen LogP contribution >= 0.6 is 11.6 Å². The number of aliphatic carboxylic acids is 1. The molecule has 1 atom stereocenters. The van der Waals surface area contributed by atoms with E-state index in [0.29, 0.717) is 29.9 Å². The molecule has 34 heavy (non-hydrogen) atoms. The van der Waals surface area contributed by atoms with E-state index in [1.165, 1.54) is 6.07 Å². The topological polar surface area (TPSA) is 101 Å². The summed E-state index contributed by atoms with van der Waals surface area (Å²) in [6.45, 7) is 2.06. The van der Waals surface area contributed by atoms with Crippen LogP contribution in [0.5, 0.6) is 5.75 Å². The van der Waals surface area contributed by atoms with Crippen molar-refractivity contribution in [3.05, 3.63) is 87.8 Å². The number of halogens is 2. The highest BCUT2D eigenvalue weighted by atomic mass is 35.5. The lowest BCUT2D eigenvalue weighted by atomic mass is 10.0. The minimum absolute atomic E-state index is 0.00708. The Morgan fingerprint density at radius 2 is 1.88 bits per heavy atom. The van der Waals surface area contributed by atoms with Crippen LogP contribution in [-0.4, -0.2) is 41.7 Å². The predicted molar refractivity (Wildman–Crippen MR) is 128 cm³/mol. The van der Waals surface area contributed by atoms with Crippen molar-refractivity contribution in [2.24, 2.45) is 0 Å². The number of anilines is 1. The molecule has 2 aromatic carbocycles. The summed E-state index contributed by atoms with van der Waals surface area (Å²) in [6.07, 6.45) is 0.635. The number of carboxylic acid groups (broad SMARTS) is 1. The number of nitrogens with zero attached hydrogens (tertiary/aromatic N) is 1. The summed E-state index contributed by atoms with van der Waals surface area (Å²) in [5.74, 6) is -1.53. The van der Waals surface area contributed by atoms with Crippen molar-refractivity contribution >= 4 is 29.3 Å². The van der Waals surface area contributed by atoms with Crippen molar-refractivity contribution < 1.29 is 23.8 Å². The van der Waals surface area contributed by atoms with Crippen LogP contribution in [0.1, 0.15) is 27.2 Å². The smallest absolute Gasteiger partial charge is 0.326 e. The normalized spacial score (nSPS) is 11.5. The van der Waals surface area contributed by atoms with Gasteiger partial charge in [-0.25, -0.2) is 14.2 Å². The summed E-state index contributed by atoms with van der Waals surface area (Å²) in [5.41, 5.74) is 1.71. The first kappa shape index (κ1) is 25.0. The zero-order chi connectivity index (χ0) is 24.7. The number of hydrogen-bond acceptors (Lipinski definition) is 5. The van der Waals surface area contributed by atoms with Crippen LogP contribution in [-0.2, 0) is 17.6 Å². The molecular weight excluding hydrogens is 461 g/mol. The highest BCUT2D eigenvalue weighted by Gasteiger charge is 2.25. The highest BCUT2D eigenvalue weighted by Crippen LogP contribution is 2.23. The van der Waals surface area contributed by atoms with Crippen molar-refractivity contribution in [1.82, 2.24) is 10.3 Å². The molecule has 9 heteroatoms. The van der Waals surface area contributed by atoms with Gasteiger partial charge in [0.2, 0.25) is 0 Å². The third-order valence-electron chi connectivity index (χ3n) is 5.17. The second-order valence-corrected chi connectivity index (χ2v) is 8.01. The molecule has 0 spiro atoms. The number of amides is 1. The molecule has 0 bridgehead atoms. The number of ether oxygens (including phenoxy) is 1. The average Bonchev–Trinajstić information content (AvgIpc) is 2.82. The molecule has 7 nitrogen and oxygen atoms in total. The number of hydrogen-bond donors (Lipinski definition) is 3. The quantitative estimate of drug-likeness (QED) is 0.396. The molecule has 0 fully saturated rings. The van der Waals surface area contributed by atoms with Crippen LogP contribution in [0.25, 0.3) is 0 Å². The molecule has 3 N–H and O–H groups in total. The Morgan fingerprint density at radius 3 is 2.56 bits per heavy atom. The minimum atomic E-state index is -1.26. The highest BCUT2D eigenvalue weighted by molar-refractivity contribution is 6.34. The zero-order valence-electron chi connectivity index (χ0n) is 18.8. The van der Waals surface area contributed by atoms with Crippen molar-refractivity contribution in [2.75, 3.05) is 19.0 Å². The molecule has 1 heterocycles. The molecule has 0 aliphatic rings. The molecule has 1 aromatic heterocycles. The van der Waals surface area contributed by atoms with Gasteiger partial charge in [0.25, 0.3) is 5.91 Å². The van der Waals surface area contributed by atoms with E-state index in [1.807, 2.05) is 18.2 Å². The van der Waals surface area contributed by atoms with Gasteiger partial charge >= 0.3 is 5.97 Å². The fourth-order valence-corrected chi connectivity index (χ4v) is 3.52. The predicted octanol–water partition coefficient (Wildman–Crippen LogP) is 4.27. The van der Waals surface area contributed by atoms with Crippen LogP contribution in [0.4, 0.5) is 10.2 Å². The molecule has 178 valence electrons. The second kappa shape index (κ2) is 11.5. The van der Waals surface area contributed by atoms with Gasteiger partial charge in [-0.1, -0.05) is 35.9 Å². The Bertz CT molecular complexity index is 1170. The van der Waals surface area contributed by atoms with E-state index in [-0.39, 0.29) is 17.0 Å². The zero-order valence-corrected chi connectivity index (χ0v) is 19.5. The van der Waals surface area contributed by atoms with E-state index < -0.39 is 23.7 Å². The van der Waals surface area contributed by atoms with E-state index in [1.54, 1.807) is 38.2 Å². The maximum absolute atomic E-state index is 14.1. The first-order valence-electron chi connectivity index (χ1n) is 10.6. The maximum atomic E-state index is 14.1. The van der Waals surface area contributed by atoms with E-state index in [9.17, 15) is 19.1 Å². The van der Waals surface area contributed by atoms with Crippen LogP contribution in [0.15, 0.2) is 54.6 Å². The third-order valence-corrected chi connectivity index (χ3v) is 5.65. The number of nitrogens with one attached hydrogen (secondary N) is 2. The number of benzene rings is 2. The number of rotatable bonds is 10. The Morgan fingerprint density at radius 1 is 1.15 bits per heavy atom. The summed E-state index contributed by atoms with van der Waals surface area (Å²) in [7, 11) is 1.81. The van der Waals surface area contributed by atoms with Gasteiger partial charge in [-0.05, 0) is 48.4 Å². The van der Waals surface area contributed by atoms with Crippen molar-refractivity contribution in [1.29, 1.82) is 0 Å². The third kappa shape index (κ3) is 6.45. The van der Waals surface area contributed by atoms with Crippen molar-refractivity contribution in [2.45, 2.75) is 25.8 Å². The first-order chi connectivity index (χ1) is 16.3. The van der Waals surface area contributed by atoms with Crippen LogP contribution in [0, 0.1) is 12.7 Å². The molecule has 1 amide bonds. The lowest BCUT2D eigenvalue weighted by Gasteiger charge is -2.16. The molecule has 3 aromatic rings. The Balaban J connectivity index is 1.59. The second-order valence-electron chi connectivity index (χ2n) is 7.63. The molecule has 0 aliphatic heterocycles. The molecule has 0 saturated carbocycles. The first-order valence-corrected chi connectivity index (χ1v) is 11.0. The number of pyridine rings is 1. The van der Waals surface area contributed by atoms with Gasteiger partial charge in [-0.2, -0.15) is 0 Å². The fraction of sp³-hybridized carbons (Fsp3) is 0.240. The average molecular weight is 486 g/mol.